The summed E-state index contributed by atoms with van der Waals surface area (Å²) in [5.41, 5.74) is 1.22. The summed E-state index contributed by atoms with van der Waals surface area (Å²) in [6.45, 7) is 9.58. The van der Waals surface area contributed by atoms with Crippen LogP contribution in [0.15, 0.2) is 41.3 Å². The van der Waals surface area contributed by atoms with E-state index >= 15 is 0 Å². The Bertz CT molecular complexity index is 703. The van der Waals surface area contributed by atoms with Crippen LogP contribution in [0, 0.1) is 0 Å². The molecule has 1 N–H and O–H groups in total. The van der Waals surface area contributed by atoms with E-state index in [-0.39, 0.29) is 12.1 Å². The number of hydrogen-bond donors (Lipinski definition) is 1. The molecule has 1 aliphatic rings. The minimum Gasteiger partial charge on any atom is -0.478 e. The van der Waals surface area contributed by atoms with Crippen molar-refractivity contribution in [2.45, 2.75) is 24.7 Å². The highest BCUT2D eigenvalue weighted by atomic mass is 32.2. The third-order valence-corrected chi connectivity index (χ3v) is 6.15. The maximum atomic E-state index is 12.7. The van der Waals surface area contributed by atoms with Crippen molar-refractivity contribution in [1.29, 1.82) is 0 Å². The van der Waals surface area contributed by atoms with Gasteiger partial charge in [-0.2, -0.15) is 4.31 Å². The number of carboxylic acid groups (broad SMARTS) is 1. The standard InChI is InChI=1S/C17H24N2O4S/c1-13(2)15-4-6-16(7-5-15)24(22,23)19-10-8-18(9-11-19)12-14(3)17(20)21/h4-7,13H,3,8-12H2,1-2H3,(H,20,21). The van der Waals surface area contributed by atoms with Gasteiger partial charge in [-0.3, -0.25) is 4.90 Å². The first kappa shape index (κ1) is 18.6. The van der Waals surface area contributed by atoms with Crippen LogP contribution >= 0.6 is 0 Å². The van der Waals surface area contributed by atoms with E-state index in [4.69, 9.17) is 5.11 Å². The molecule has 0 spiro atoms. The second kappa shape index (κ2) is 7.46. The predicted molar refractivity (Wildman–Crippen MR) is 92.5 cm³/mol. The zero-order chi connectivity index (χ0) is 17.9. The Kier molecular flexibility index (Phi) is 5.79. The van der Waals surface area contributed by atoms with Crippen molar-refractivity contribution < 1.29 is 18.3 Å². The SMILES string of the molecule is C=C(CN1CCN(S(=O)(=O)c2ccc(C(C)C)cc2)CC1)C(=O)O. The van der Waals surface area contributed by atoms with Crippen molar-refractivity contribution in [3.8, 4) is 0 Å². The average molecular weight is 352 g/mol. The summed E-state index contributed by atoms with van der Waals surface area (Å²) in [6, 6.07) is 7.02. The number of rotatable bonds is 6. The van der Waals surface area contributed by atoms with Gasteiger partial charge in [0.05, 0.1) is 4.90 Å². The predicted octanol–water partition coefficient (Wildman–Crippen LogP) is 1.76. The maximum Gasteiger partial charge on any atom is 0.332 e. The van der Waals surface area contributed by atoms with Crippen LogP contribution in [0.3, 0.4) is 0 Å². The van der Waals surface area contributed by atoms with Crippen LogP contribution in [0.4, 0.5) is 0 Å². The molecule has 0 radical (unpaired) electrons. The van der Waals surface area contributed by atoms with Crippen LogP contribution in [0.2, 0.25) is 0 Å². The van der Waals surface area contributed by atoms with Gasteiger partial charge in [-0.1, -0.05) is 32.6 Å². The van der Waals surface area contributed by atoms with E-state index in [2.05, 4.69) is 20.4 Å². The van der Waals surface area contributed by atoms with Crippen molar-refractivity contribution in [2.75, 3.05) is 32.7 Å². The van der Waals surface area contributed by atoms with Gasteiger partial charge in [0.2, 0.25) is 10.0 Å². The third kappa shape index (κ3) is 4.23. The first-order valence-electron chi connectivity index (χ1n) is 7.95. The Balaban J connectivity index is 2.02. The highest BCUT2D eigenvalue weighted by Crippen LogP contribution is 2.21. The molecule has 0 aliphatic carbocycles. The summed E-state index contributed by atoms with van der Waals surface area (Å²) in [6.07, 6.45) is 0. The summed E-state index contributed by atoms with van der Waals surface area (Å²) in [7, 11) is -3.50. The summed E-state index contributed by atoms with van der Waals surface area (Å²) < 4.78 is 26.9. The highest BCUT2D eigenvalue weighted by molar-refractivity contribution is 7.89. The summed E-state index contributed by atoms with van der Waals surface area (Å²) >= 11 is 0. The zero-order valence-electron chi connectivity index (χ0n) is 14.1. The molecular formula is C17H24N2O4S. The molecule has 0 aromatic heterocycles. The third-order valence-electron chi connectivity index (χ3n) is 4.23. The van der Waals surface area contributed by atoms with Crippen LogP contribution in [0.1, 0.15) is 25.3 Å². The molecule has 1 aliphatic heterocycles. The van der Waals surface area contributed by atoms with Gasteiger partial charge in [0.15, 0.2) is 0 Å². The van der Waals surface area contributed by atoms with Gasteiger partial charge in [0, 0.05) is 38.3 Å². The van der Waals surface area contributed by atoms with E-state index < -0.39 is 16.0 Å². The van der Waals surface area contributed by atoms with E-state index in [9.17, 15) is 13.2 Å². The molecule has 0 amide bonds. The Hall–Kier alpha value is -1.70. The molecule has 0 unspecified atom stereocenters. The molecule has 1 heterocycles. The minimum atomic E-state index is -3.50. The second-order valence-corrected chi connectivity index (χ2v) is 8.25. The van der Waals surface area contributed by atoms with E-state index in [0.717, 1.165) is 5.56 Å². The lowest BCUT2D eigenvalue weighted by molar-refractivity contribution is -0.132. The van der Waals surface area contributed by atoms with Gasteiger partial charge < -0.3 is 5.11 Å². The fourth-order valence-corrected chi connectivity index (χ4v) is 4.06. The smallest absolute Gasteiger partial charge is 0.332 e. The molecule has 1 aromatic carbocycles. The molecule has 24 heavy (non-hydrogen) atoms. The summed E-state index contributed by atoms with van der Waals surface area (Å²) in [4.78, 5) is 13.0. The molecule has 132 valence electrons. The van der Waals surface area contributed by atoms with Crippen molar-refractivity contribution in [3.63, 3.8) is 0 Å². The van der Waals surface area contributed by atoms with Gasteiger partial charge in [0.25, 0.3) is 0 Å². The van der Waals surface area contributed by atoms with Gasteiger partial charge in [0.1, 0.15) is 0 Å². The average Bonchev–Trinajstić information content (AvgIpc) is 2.55. The topological polar surface area (TPSA) is 77.9 Å². The van der Waals surface area contributed by atoms with Gasteiger partial charge >= 0.3 is 5.97 Å². The highest BCUT2D eigenvalue weighted by Gasteiger charge is 2.28. The van der Waals surface area contributed by atoms with Gasteiger partial charge in [-0.05, 0) is 23.6 Å². The Morgan fingerprint density at radius 1 is 1.17 bits per heavy atom. The monoisotopic (exact) mass is 352 g/mol. The van der Waals surface area contributed by atoms with Crippen LogP contribution in [-0.4, -0.2) is 61.4 Å². The number of carbonyl (C=O) groups is 1. The van der Waals surface area contributed by atoms with E-state index in [1.165, 1.54) is 4.31 Å². The second-order valence-electron chi connectivity index (χ2n) is 6.31. The maximum absolute atomic E-state index is 12.7. The Morgan fingerprint density at radius 3 is 2.17 bits per heavy atom. The Morgan fingerprint density at radius 2 is 1.71 bits per heavy atom. The normalized spacial score (nSPS) is 17.1. The number of nitrogens with zero attached hydrogens (tertiary/aromatic N) is 2. The molecule has 0 saturated carbocycles. The first-order chi connectivity index (χ1) is 11.2. The largest absolute Gasteiger partial charge is 0.478 e. The van der Waals surface area contributed by atoms with Gasteiger partial charge in [-0.25, -0.2) is 13.2 Å². The fraction of sp³-hybridized carbons (Fsp3) is 0.471. The number of sulfonamides is 1. The first-order valence-corrected chi connectivity index (χ1v) is 9.39. The quantitative estimate of drug-likeness (QED) is 0.789. The lowest BCUT2D eigenvalue weighted by Gasteiger charge is -2.33. The van der Waals surface area contributed by atoms with Crippen LogP contribution in [0.25, 0.3) is 0 Å². The number of hydrogen-bond acceptors (Lipinski definition) is 4. The number of aliphatic carboxylic acids is 1. The number of benzene rings is 1. The number of piperazine rings is 1. The zero-order valence-corrected chi connectivity index (χ0v) is 14.9. The molecule has 1 saturated heterocycles. The molecule has 0 bridgehead atoms. The molecule has 1 fully saturated rings. The summed E-state index contributed by atoms with van der Waals surface area (Å²) in [5.74, 6) is -0.664. The van der Waals surface area contributed by atoms with Crippen LogP contribution < -0.4 is 0 Å². The van der Waals surface area contributed by atoms with Crippen molar-refractivity contribution in [2.24, 2.45) is 0 Å². The molecule has 7 heteroatoms. The van der Waals surface area contributed by atoms with Gasteiger partial charge in [-0.15, -0.1) is 0 Å². The Labute approximate surface area is 143 Å². The molecule has 6 nitrogen and oxygen atoms in total. The van der Waals surface area contributed by atoms with Crippen molar-refractivity contribution in [3.05, 3.63) is 42.0 Å². The molecule has 1 aromatic rings. The van der Waals surface area contributed by atoms with Crippen molar-refractivity contribution in [1.82, 2.24) is 9.21 Å². The molecular weight excluding hydrogens is 328 g/mol. The van der Waals surface area contributed by atoms with Crippen LogP contribution in [-0.2, 0) is 14.8 Å². The lowest BCUT2D eigenvalue weighted by Crippen LogP contribution is -2.49. The minimum absolute atomic E-state index is 0.121. The number of carboxylic acids is 1. The van der Waals surface area contributed by atoms with Crippen LogP contribution in [0.5, 0.6) is 0 Å². The molecule has 2 rings (SSSR count). The van der Waals surface area contributed by atoms with E-state index in [1.807, 2.05) is 17.0 Å². The molecule has 0 atom stereocenters. The fourth-order valence-electron chi connectivity index (χ4n) is 2.64. The van der Waals surface area contributed by atoms with E-state index in [0.29, 0.717) is 37.0 Å². The van der Waals surface area contributed by atoms with Crippen molar-refractivity contribution >= 4 is 16.0 Å². The summed E-state index contributed by atoms with van der Waals surface area (Å²) in [5, 5.41) is 8.87. The van der Waals surface area contributed by atoms with E-state index in [1.54, 1.807) is 12.1 Å². The lowest BCUT2D eigenvalue weighted by atomic mass is 10.0.